The van der Waals surface area contributed by atoms with Gasteiger partial charge in [0.1, 0.15) is 6.07 Å². The lowest BCUT2D eigenvalue weighted by atomic mass is 10.1. The molecule has 0 radical (unpaired) electrons. The molecule has 1 aromatic heterocycles. The van der Waals surface area contributed by atoms with Gasteiger partial charge >= 0.3 is 0 Å². The smallest absolute Gasteiger partial charge is 0.169 e. The average Bonchev–Trinajstić information content (AvgIpc) is 2.43. The summed E-state index contributed by atoms with van der Waals surface area (Å²) in [4.78, 5) is 2.12. The molecule has 0 fully saturated rings. The van der Waals surface area contributed by atoms with Crippen molar-refractivity contribution in [1.82, 2.24) is 10.2 Å². The Kier molecular flexibility index (Phi) is 6.09. The minimum absolute atomic E-state index is 0.351. The first-order valence-corrected chi connectivity index (χ1v) is 6.25. The van der Waals surface area contributed by atoms with E-state index in [0.29, 0.717) is 24.0 Å². The summed E-state index contributed by atoms with van der Waals surface area (Å²) in [6, 6.07) is 4.22. The highest BCUT2D eigenvalue weighted by Gasteiger charge is 2.19. The summed E-state index contributed by atoms with van der Waals surface area (Å²) in [5, 5.41) is 17.2. The third kappa shape index (κ3) is 3.41. The standard InChI is InChI=1S/C13H20N4O/c1-4-12(5-2)17(8-9-18-3)13-11(10-14)6-7-15-16-13/h6-7,12H,4-5,8-9H2,1-3H3. The van der Waals surface area contributed by atoms with E-state index in [-0.39, 0.29) is 0 Å². The zero-order valence-corrected chi connectivity index (χ0v) is 11.3. The molecule has 0 atom stereocenters. The van der Waals surface area contributed by atoms with Crippen LogP contribution in [0.3, 0.4) is 0 Å². The summed E-state index contributed by atoms with van der Waals surface area (Å²) < 4.78 is 5.13. The van der Waals surface area contributed by atoms with E-state index in [1.165, 1.54) is 0 Å². The van der Waals surface area contributed by atoms with Crippen molar-refractivity contribution >= 4 is 5.82 Å². The number of hydrogen-bond donors (Lipinski definition) is 0. The van der Waals surface area contributed by atoms with E-state index in [4.69, 9.17) is 10.00 Å². The first kappa shape index (κ1) is 14.4. The van der Waals surface area contributed by atoms with Gasteiger partial charge in [0.15, 0.2) is 5.82 Å². The molecule has 5 nitrogen and oxygen atoms in total. The second-order valence-electron chi connectivity index (χ2n) is 4.04. The highest BCUT2D eigenvalue weighted by Crippen LogP contribution is 2.20. The highest BCUT2D eigenvalue weighted by atomic mass is 16.5. The van der Waals surface area contributed by atoms with Crippen LogP contribution in [0, 0.1) is 11.3 Å². The molecule has 0 aliphatic carbocycles. The molecule has 0 saturated heterocycles. The predicted octanol–water partition coefficient (Wildman–Crippen LogP) is 1.99. The second kappa shape index (κ2) is 7.62. The van der Waals surface area contributed by atoms with Crippen LogP contribution in [0.4, 0.5) is 5.82 Å². The zero-order chi connectivity index (χ0) is 13.4. The summed E-state index contributed by atoms with van der Waals surface area (Å²) in [6.07, 6.45) is 3.55. The van der Waals surface area contributed by atoms with Gasteiger partial charge in [0.25, 0.3) is 0 Å². The number of aromatic nitrogens is 2. The lowest BCUT2D eigenvalue weighted by molar-refractivity contribution is 0.202. The quantitative estimate of drug-likeness (QED) is 0.738. The minimum atomic E-state index is 0.351. The van der Waals surface area contributed by atoms with Crippen molar-refractivity contribution in [3.63, 3.8) is 0 Å². The number of nitriles is 1. The minimum Gasteiger partial charge on any atom is -0.383 e. The Morgan fingerprint density at radius 1 is 1.44 bits per heavy atom. The molecule has 18 heavy (non-hydrogen) atoms. The SMILES string of the molecule is CCC(CC)N(CCOC)c1nnccc1C#N. The third-order valence-electron chi connectivity index (χ3n) is 3.01. The molecule has 0 saturated carbocycles. The van der Waals surface area contributed by atoms with Crippen molar-refractivity contribution < 1.29 is 4.74 Å². The van der Waals surface area contributed by atoms with Gasteiger partial charge in [0, 0.05) is 19.7 Å². The fourth-order valence-corrected chi connectivity index (χ4v) is 2.00. The monoisotopic (exact) mass is 248 g/mol. The van der Waals surface area contributed by atoms with Gasteiger partial charge < -0.3 is 9.64 Å². The van der Waals surface area contributed by atoms with Crippen molar-refractivity contribution in [2.45, 2.75) is 32.7 Å². The van der Waals surface area contributed by atoms with Crippen LogP contribution >= 0.6 is 0 Å². The van der Waals surface area contributed by atoms with Crippen molar-refractivity contribution in [3.05, 3.63) is 17.8 Å². The van der Waals surface area contributed by atoms with Gasteiger partial charge in [-0.2, -0.15) is 10.4 Å². The largest absolute Gasteiger partial charge is 0.383 e. The highest BCUT2D eigenvalue weighted by molar-refractivity contribution is 5.53. The Morgan fingerprint density at radius 3 is 2.72 bits per heavy atom. The first-order valence-electron chi connectivity index (χ1n) is 6.25. The van der Waals surface area contributed by atoms with Crippen molar-refractivity contribution in [1.29, 1.82) is 5.26 Å². The van der Waals surface area contributed by atoms with Gasteiger partial charge in [-0.25, -0.2) is 0 Å². The van der Waals surface area contributed by atoms with Crippen LogP contribution in [-0.2, 0) is 4.74 Å². The molecule has 1 aromatic rings. The van der Waals surface area contributed by atoms with E-state index in [1.807, 2.05) is 0 Å². The molecule has 0 bridgehead atoms. The lowest BCUT2D eigenvalue weighted by Gasteiger charge is -2.31. The zero-order valence-electron chi connectivity index (χ0n) is 11.3. The van der Waals surface area contributed by atoms with Crippen LogP contribution in [0.1, 0.15) is 32.3 Å². The predicted molar refractivity (Wildman–Crippen MR) is 70.3 cm³/mol. The molecular weight excluding hydrogens is 228 g/mol. The van der Waals surface area contributed by atoms with Gasteiger partial charge in [-0.05, 0) is 18.9 Å². The fourth-order valence-electron chi connectivity index (χ4n) is 2.00. The molecule has 1 rings (SSSR count). The Morgan fingerprint density at radius 2 is 2.17 bits per heavy atom. The van der Waals surface area contributed by atoms with E-state index in [2.05, 4.69) is 35.0 Å². The summed E-state index contributed by atoms with van der Waals surface area (Å²) in [5.41, 5.74) is 0.563. The Hall–Kier alpha value is -1.67. The van der Waals surface area contributed by atoms with Gasteiger partial charge in [-0.15, -0.1) is 5.10 Å². The van der Waals surface area contributed by atoms with Gasteiger partial charge in [0.05, 0.1) is 18.4 Å². The molecule has 0 amide bonds. The number of anilines is 1. The van der Waals surface area contributed by atoms with Gasteiger partial charge in [-0.3, -0.25) is 0 Å². The molecule has 0 spiro atoms. The Labute approximate surface area is 108 Å². The van der Waals surface area contributed by atoms with E-state index in [0.717, 1.165) is 19.4 Å². The molecule has 0 N–H and O–H groups in total. The van der Waals surface area contributed by atoms with Crippen LogP contribution in [0.15, 0.2) is 12.3 Å². The molecule has 5 heteroatoms. The average molecular weight is 248 g/mol. The van der Waals surface area contributed by atoms with Gasteiger partial charge in [-0.1, -0.05) is 13.8 Å². The van der Waals surface area contributed by atoms with Crippen molar-refractivity contribution in [2.24, 2.45) is 0 Å². The van der Waals surface area contributed by atoms with E-state index in [1.54, 1.807) is 19.4 Å². The van der Waals surface area contributed by atoms with E-state index < -0.39 is 0 Å². The first-order chi connectivity index (χ1) is 8.78. The number of nitrogens with zero attached hydrogens (tertiary/aromatic N) is 4. The maximum atomic E-state index is 9.14. The maximum absolute atomic E-state index is 9.14. The molecule has 98 valence electrons. The fraction of sp³-hybridized carbons (Fsp3) is 0.615. The number of rotatable bonds is 7. The van der Waals surface area contributed by atoms with Gasteiger partial charge in [0.2, 0.25) is 0 Å². The van der Waals surface area contributed by atoms with Crippen LogP contribution in [-0.4, -0.2) is 36.5 Å². The summed E-state index contributed by atoms with van der Waals surface area (Å²) in [5.74, 6) is 0.658. The molecule has 1 heterocycles. The van der Waals surface area contributed by atoms with Crippen LogP contribution in [0.5, 0.6) is 0 Å². The third-order valence-corrected chi connectivity index (χ3v) is 3.01. The Balaban J connectivity index is 3.04. The van der Waals surface area contributed by atoms with Crippen molar-refractivity contribution in [2.75, 3.05) is 25.2 Å². The number of hydrogen-bond acceptors (Lipinski definition) is 5. The second-order valence-corrected chi connectivity index (χ2v) is 4.04. The van der Waals surface area contributed by atoms with Crippen LogP contribution in [0.2, 0.25) is 0 Å². The lowest BCUT2D eigenvalue weighted by Crippen LogP contribution is -2.38. The molecule has 0 unspecified atom stereocenters. The summed E-state index contributed by atoms with van der Waals surface area (Å²) >= 11 is 0. The Bertz CT molecular complexity index is 398. The van der Waals surface area contributed by atoms with Crippen LogP contribution in [0.25, 0.3) is 0 Å². The molecule has 0 aliphatic rings. The van der Waals surface area contributed by atoms with Crippen molar-refractivity contribution in [3.8, 4) is 6.07 Å². The number of ether oxygens (including phenoxy) is 1. The molecule has 0 aliphatic heterocycles. The number of methoxy groups -OCH3 is 1. The van der Waals surface area contributed by atoms with E-state index >= 15 is 0 Å². The summed E-state index contributed by atoms with van der Waals surface area (Å²) in [7, 11) is 1.67. The molecular formula is C13H20N4O. The normalized spacial score (nSPS) is 10.4. The van der Waals surface area contributed by atoms with Crippen LogP contribution < -0.4 is 4.90 Å². The maximum Gasteiger partial charge on any atom is 0.169 e. The van der Waals surface area contributed by atoms with E-state index in [9.17, 15) is 0 Å². The topological polar surface area (TPSA) is 62.0 Å². The summed E-state index contributed by atoms with van der Waals surface area (Å²) in [6.45, 7) is 5.60. The molecule has 0 aromatic carbocycles.